The van der Waals surface area contributed by atoms with Gasteiger partial charge in [-0.05, 0) is 18.2 Å². The number of methoxy groups -OCH3 is 1. The van der Waals surface area contributed by atoms with E-state index in [9.17, 15) is 4.39 Å². The van der Waals surface area contributed by atoms with E-state index >= 15 is 0 Å². The normalized spacial score (nSPS) is 10.4. The molecule has 20 heavy (non-hydrogen) atoms. The van der Waals surface area contributed by atoms with Crippen molar-refractivity contribution in [3.8, 4) is 5.75 Å². The molecule has 0 bridgehead atoms. The summed E-state index contributed by atoms with van der Waals surface area (Å²) in [5.41, 5.74) is 7.00. The van der Waals surface area contributed by atoms with E-state index in [2.05, 4.69) is 10.9 Å². The molecular formula is C14H13Cl2FN2O. The van der Waals surface area contributed by atoms with Gasteiger partial charge in [-0.1, -0.05) is 41.4 Å². The fourth-order valence-electron chi connectivity index (χ4n) is 1.72. The van der Waals surface area contributed by atoms with Crippen molar-refractivity contribution in [3.63, 3.8) is 0 Å². The summed E-state index contributed by atoms with van der Waals surface area (Å²) in [4.78, 5) is 0. The molecule has 0 unspecified atom stereocenters. The van der Waals surface area contributed by atoms with Gasteiger partial charge < -0.3 is 10.2 Å². The second kappa shape index (κ2) is 6.79. The Morgan fingerprint density at radius 1 is 1.15 bits per heavy atom. The van der Waals surface area contributed by atoms with Gasteiger partial charge in [0.2, 0.25) is 0 Å². The molecule has 0 radical (unpaired) electrons. The molecule has 2 aromatic carbocycles. The van der Waals surface area contributed by atoms with Crippen LogP contribution in [0, 0.1) is 5.82 Å². The summed E-state index contributed by atoms with van der Waals surface area (Å²) in [7, 11) is 1.36. The summed E-state index contributed by atoms with van der Waals surface area (Å²) in [5, 5.41) is 0.394. The number of hydrogen-bond acceptors (Lipinski definition) is 3. The fourth-order valence-corrected chi connectivity index (χ4v) is 2.30. The van der Waals surface area contributed by atoms with Crippen molar-refractivity contribution in [3.05, 3.63) is 57.8 Å². The van der Waals surface area contributed by atoms with Gasteiger partial charge in [0.05, 0.1) is 12.1 Å². The third-order valence-corrected chi connectivity index (χ3v) is 3.32. The molecule has 6 heteroatoms. The number of hydrogen-bond donors (Lipinski definition) is 2. The molecule has 0 amide bonds. The van der Waals surface area contributed by atoms with Gasteiger partial charge in [-0.2, -0.15) is 0 Å². The standard InChI is InChI=1S/C14H13Cl2FN2O/c1-20-14-12(16)7-11(15)10(13(14)17)8-18-19-9-5-3-2-4-6-9/h2-7,18-19H,8H2,1H3. The first-order valence-corrected chi connectivity index (χ1v) is 6.63. The molecule has 0 fully saturated rings. The molecule has 0 aliphatic rings. The number of nitrogens with one attached hydrogen (secondary N) is 2. The van der Waals surface area contributed by atoms with Crippen molar-refractivity contribution in [2.75, 3.05) is 12.5 Å². The molecule has 0 aliphatic carbocycles. The van der Waals surface area contributed by atoms with Gasteiger partial charge in [0.1, 0.15) is 0 Å². The largest absolute Gasteiger partial charge is 0.492 e. The summed E-state index contributed by atoms with van der Waals surface area (Å²) >= 11 is 11.8. The minimum atomic E-state index is -0.563. The minimum Gasteiger partial charge on any atom is -0.492 e. The summed E-state index contributed by atoms with van der Waals surface area (Å²) in [6.07, 6.45) is 0. The van der Waals surface area contributed by atoms with E-state index in [1.807, 2.05) is 30.3 Å². The van der Waals surface area contributed by atoms with Crippen LogP contribution >= 0.6 is 23.2 Å². The van der Waals surface area contributed by atoms with Crippen LogP contribution < -0.4 is 15.6 Å². The van der Waals surface area contributed by atoms with Gasteiger partial charge in [0.25, 0.3) is 0 Å². The van der Waals surface area contributed by atoms with E-state index in [-0.39, 0.29) is 27.9 Å². The van der Waals surface area contributed by atoms with Crippen LogP contribution in [-0.2, 0) is 6.54 Å². The first-order chi connectivity index (χ1) is 9.63. The predicted molar refractivity (Wildman–Crippen MR) is 79.9 cm³/mol. The molecule has 2 aromatic rings. The van der Waals surface area contributed by atoms with Gasteiger partial charge in [0.15, 0.2) is 11.6 Å². The number of para-hydroxylation sites is 1. The molecule has 0 aliphatic heterocycles. The fraction of sp³-hybridized carbons (Fsp3) is 0.143. The third-order valence-electron chi connectivity index (χ3n) is 2.70. The molecule has 106 valence electrons. The Labute approximate surface area is 126 Å². The highest BCUT2D eigenvalue weighted by Crippen LogP contribution is 2.34. The van der Waals surface area contributed by atoms with Crippen molar-refractivity contribution in [1.29, 1.82) is 0 Å². The lowest BCUT2D eigenvalue weighted by Crippen LogP contribution is -2.21. The van der Waals surface area contributed by atoms with E-state index in [1.165, 1.54) is 13.2 Å². The zero-order chi connectivity index (χ0) is 14.5. The van der Waals surface area contributed by atoms with Crippen LogP contribution in [0.3, 0.4) is 0 Å². The quantitative estimate of drug-likeness (QED) is 0.809. The number of rotatable bonds is 5. The number of benzene rings is 2. The second-order valence-electron chi connectivity index (χ2n) is 4.01. The molecule has 0 saturated carbocycles. The lowest BCUT2D eigenvalue weighted by Gasteiger charge is -2.13. The van der Waals surface area contributed by atoms with E-state index in [1.54, 1.807) is 0 Å². The van der Waals surface area contributed by atoms with Crippen LogP contribution in [0.2, 0.25) is 10.0 Å². The maximum absolute atomic E-state index is 14.2. The molecular weight excluding hydrogens is 302 g/mol. The van der Waals surface area contributed by atoms with Gasteiger partial charge in [-0.25, -0.2) is 9.82 Å². The topological polar surface area (TPSA) is 33.3 Å². The monoisotopic (exact) mass is 314 g/mol. The highest BCUT2D eigenvalue weighted by molar-refractivity contribution is 6.36. The maximum Gasteiger partial charge on any atom is 0.173 e. The minimum absolute atomic E-state index is 0.00687. The first kappa shape index (κ1) is 14.9. The molecule has 0 aromatic heterocycles. The third kappa shape index (κ3) is 3.33. The van der Waals surface area contributed by atoms with Crippen LogP contribution in [-0.4, -0.2) is 7.11 Å². The maximum atomic E-state index is 14.2. The second-order valence-corrected chi connectivity index (χ2v) is 4.82. The highest BCUT2D eigenvalue weighted by Gasteiger charge is 2.16. The van der Waals surface area contributed by atoms with E-state index in [4.69, 9.17) is 27.9 Å². The van der Waals surface area contributed by atoms with Crippen LogP contribution in [0.1, 0.15) is 5.56 Å². The van der Waals surface area contributed by atoms with Crippen LogP contribution in [0.25, 0.3) is 0 Å². The van der Waals surface area contributed by atoms with E-state index in [0.717, 1.165) is 5.69 Å². The average Bonchev–Trinajstić information content (AvgIpc) is 2.44. The lowest BCUT2D eigenvalue weighted by atomic mass is 10.2. The molecule has 0 saturated heterocycles. The Bertz CT molecular complexity index is 593. The van der Waals surface area contributed by atoms with Gasteiger partial charge >= 0.3 is 0 Å². The first-order valence-electron chi connectivity index (χ1n) is 5.87. The molecule has 2 N–H and O–H groups in total. The van der Waals surface area contributed by atoms with E-state index in [0.29, 0.717) is 0 Å². The molecule has 0 atom stereocenters. The lowest BCUT2D eigenvalue weighted by molar-refractivity contribution is 0.384. The molecule has 0 spiro atoms. The molecule has 3 nitrogen and oxygen atoms in total. The summed E-state index contributed by atoms with van der Waals surface area (Å²) in [6.45, 7) is 0.188. The Morgan fingerprint density at radius 3 is 2.50 bits per heavy atom. The Kier molecular flexibility index (Phi) is 5.06. The van der Waals surface area contributed by atoms with Crippen LogP contribution in [0.4, 0.5) is 10.1 Å². The van der Waals surface area contributed by atoms with Crippen LogP contribution in [0.5, 0.6) is 5.75 Å². The molecule has 0 heterocycles. The summed E-state index contributed by atoms with van der Waals surface area (Å²) in [5.74, 6) is -0.570. The Morgan fingerprint density at radius 2 is 1.85 bits per heavy atom. The zero-order valence-corrected chi connectivity index (χ0v) is 12.2. The SMILES string of the molecule is COc1c(Cl)cc(Cl)c(CNNc2ccccc2)c1F. The Balaban J connectivity index is 2.10. The predicted octanol–water partition coefficient (Wildman–Crippen LogP) is 4.26. The Hall–Kier alpha value is -1.49. The van der Waals surface area contributed by atoms with Gasteiger partial charge in [-0.3, -0.25) is 0 Å². The number of halogens is 3. The van der Waals surface area contributed by atoms with E-state index < -0.39 is 5.82 Å². The smallest absolute Gasteiger partial charge is 0.173 e. The number of anilines is 1. The number of hydrazine groups is 1. The molecule has 2 rings (SSSR count). The number of ether oxygens (including phenoxy) is 1. The van der Waals surface area contributed by atoms with Crippen molar-refractivity contribution in [2.24, 2.45) is 0 Å². The van der Waals surface area contributed by atoms with Crippen molar-refractivity contribution in [1.82, 2.24) is 5.43 Å². The average molecular weight is 315 g/mol. The van der Waals surface area contributed by atoms with Crippen molar-refractivity contribution in [2.45, 2.75) is 6.54 Å². The van der Waals surface area contributed by atoms with Gasteiger partial charge in [0, 0.05) is 22.8 Å². The zero-order valence-electron chi connectivity index (χ0n) is 10.7. The van der Waals surface area contributed by atoms with Gasteiger partial charge in [-0.15, -0.1) is 0 Å². The van der Waals surface area contributed by atoms with Crippen molar-refractivity contribution >= 4 is 28.9 Å². The van der Waals surface area contributed by atoms with Crippen molar-refractivity contribution < 1.29 is 9.13 Å². The summed E-state index contributed by atoms with van der Waals surface area (Å²) in [6, 6.07) is 10.9. The van der Waals surface area contributed by atoms with Crippen LogP contribution in [0.15, 0.2) is 36.4 Å². The highest BCUT2D eigenvalue weighted by atomic mass is 35.5. The summed E-state index contributed by atoms with van der Waals surface area (Å²) < 4.78 is 19.1.